The van der Waals surface area contributed by atoms with E-state index in [4.69, 9.17) is 4.42 Å². The predicted octanol–water partition coefficient (Wildman–Crippen LogP) is 4.97. The maximum absolute atomic E-state index is 11.5. The lowest BCUT2D eigenvalue weighted by molar-refractivity contribution is -0.0953. The Labute approximate surface area is 186 Å². The molecular weight excluding hydrogens is 398 g/mol. The summed E-state index contributed by atoms with van der Waals surface area (Å²) in [6.45, 7) is 5.20. The molecule has 2 aromatic heterocycles. The van der Waals surface area contributed by atoms with Crippen molar-refractivity contribution in [2.75, 3.05) is 6.54 Å². The second kappa shape index (κ2) is 6.74. The van der Waals surface area contributed by atoms with E-state index in [1.807, 2.05) is 42.5 Å². The molecule has 5 nitrogen and oxygen atoms in total. The van der Waals surface area contributed by atoms with Gasteiger partial charge >= 0.3 is 0 Å². The quantitative estimate of drug-likeness (QED) is 0.470. The summed E-state index contributed by atoms with van der Waals surface area (Å²) >= 11 is 0. The molecule has 2 aliphatic heterocycles. The van der Waals surface area contributed by atoms with E-state index >= 15 is 0 Å². The number of pyridine rings is 1. The van der Waals surface area contributed by atoms with Crippen molar-refractivity contribution >= 4 is 22.0 Å². The summed E-state index contributed by atoms with van der Waals surface area (Å²) < 4.78 is 5.98. The highest BCUT2D eigenvalue weighted by Crippen LogP contribution is 2.57. The van der Waals surface area contributed by atoms with Crippen molar-refractivity contribution in [2.45, 2.75) is 31.0 Å². The van der Waals surface area contributed by atoms with Gasteiger partial charge in [-0.1, -0.05) is 18.2 Å². The summed E-state index contributed by atoms with van der Waals surface area (Å²) in [5.74, 6) is 2.78. The average Bonchev–Trinajstić information content (AvgIpc) is 3.46. The topological polar surface area (TPSA) is 62.4 Å². The number of hydrogen-bond acceptors (Lipinski definition) is 5. The van der Waals surface area contributed by atoms with Gasteiger partial charge < -0.3 is 9.52 Å². The van der Waals surface area contributed by atoms with Crippen molar-refractivity contribution in [3.05, 3.63) is 72.9 Å². The van der Waals surface area contributed by atoms with Crippen LogP contribution in [0.1, 0.15) is 24.5 Å². The second-order valence-corrected chi connectivity index (χ2v) is 9.60. The van der Waals surface area contributed by atoms with Crippen LogP contribution in [-0.2, 0) is 0 Å². The number of aliphatic hydroxyl groups excluding tert-OH is 1. The third kappa shape index (κ3) is 2.64. The summed E-state index contributed by atoms with van der Waals surface area (Å²) in [5, 5.41) is 12.4. The standard InChI is InChI=1S/C27H25N3O2/c1-2-17-19-12-16(19)14-30-23(17)13-24(30)26(31)18-9-10-28-21-8-7-15(11-20(18)21)27-29-22-5-3-4-6-25(22)32-27/h2-11,16-17,19,23-24,26,31H,1,12-14H2/t16?,17?,19?,23?,24?,26-/m1/s1. The fourth-order valence-electron chi connectivity index (χ4n) is 6.19. The van der Waals surface area contributed by atoms with Crippen LogP contribution in [0.5, 0.6) is 0 Å². The van der Waals surface area contributed by atoms with Crippen LogP contribution in [0.4, 0.5) is 0 Å². The number of aliphatic hydroxyl groups is 1. The minimum Gasteiger partial charge on any atom is -0.436 e. The normalized spacial score (nSPS) is 29.8. The highest BCUT2D eigenvalue weighted by atomic mass is 16.3. The number of nitrogens with zero attached hydrogens (tertiary/aromatic N) is 3. The third-order valence-corrected chi connectivity index (χ3v) is 7.97. The van der Waals surface area contributed by atoms with Gasteiger partial charge in [0.25, 0.3) is 0 Å². The van der Waals surface area contributed by atoms with Gasteiger partial charge in [-0.3, -0.25) is 9.88 Å². The summed E-state index contributed by atoms with van der Waals surface area (Å²) in [5.41, 5.74) is 4.32. The molecule has 1 N–H and O–H groups in total. The van der Waals surface area contributed by atoms with Gasteiger partial charge in [0.15, 0.2) is 5.58 Å². The van der Waals surface area contributed by atoms with Crippen molar-refractivity contribution < 1.29 is 9.52 Å². The summed E-state index contributed by atoms with van der Waals surface area (Å²) in [4.78, 5) is 11.7. The molecule has 7 rings (SSSR count). The molecule has 2 aromatic carbocycles. The first-order valence-corrected chi connectivity index (χ1v) is 11.5. The van der Waals surface area contributed by atoms with Crippen LogP contribution in [0, 0.1) is 17.8 Å². The molecule has 2 saturated heterocycles. The lowest BCUT2D eigenvalue weighted by atomic mass is 9.74. The first-order valence-electron chi connectivity index (χ1n) is 11.5. The van der Waals surface area contributed by atoms with Crippen LogP contribution >= 0.6 is 0 Å². The SMILES string of the molecule is C=CC1C2CC2CN2C1CC2[C@H](O)c1ccnc2ccc(-c3nc4ccccc4o3)cc12. The van der Waals surface area contributed by atoms with E-state index in [1.165, 1.54) is 6.42 Å². The van der Waals surface area contributed by atoms with E-state index in [1.54, 1.807) is 6.20 Å². The monoisotopic (exact) mass is 423 g/mol. The van der Waals surface area contributed by atoms with Gasteiger partial charge in [0.1, 0.15) is 5.52 Å². The molecule has 0 amide bonds. The molecule has 5 heteroatoms. The van der Waals surface area contributed by atoms with Crippen molar-refractivity contribution in [2.24, 2.45) is 17.8 Å². The molecule has 160 valence electrons. The van der Waals surface area contributed by atoms with Gasteiger partial charge in [-0.2, -0.15) is 0 Å². The van der Waals surface area contributed by atoms with Crippen LogP contribution in [-0.4, -0.2) is 38.6 Å². The first kappa shape index (κ1) is 18.5. The predicted molar refractivity (Wildman–Crippen MR) is 124 cm³/mol. The fraction of sp³-hybridized carbons (Fsp3) is 0.333. The Bertz CT molecular complexity index is 1330. The maximum atomic E-state index is 11.5. The van der Waals surface area contributed by atoms with Crippen molar-refractivity contribution in [3.8, 4) is 11.5 Å². The molecule has 3 fully saturated rings. The van der Waals surface area contributed by atoms with Gasteiger partial charge in [-0.25, -0.2) is 4.98 Å². The van der Waals surface area contributed by atoms with Crippen LogP contribution < -0.4 is 0 Å². The molecule has 6 atom stereocenters. The number of oxazole rings is 1. The minimum absolute atomic E-state index is 0.155. The van der Waals surface area contributed by atoms with Crippen molar-refractivity contribution in [3.63, 3.8) is 0 Å². The van der Waals surface area contributed by atoms with E-state index in [2.05, 4.69) is 33.6 Å². The molecule has 1 aliphatic carbocycles. The zero-order valence-electron chi connectivity index (χ0n) is 17.8. The molecule has 5 unspecified atom stereocenters. The summed E-state index contributed by atoms with van der Waals surface area (Å²) in [7, 11) is 0. The van der Waals surface area contributed by atoms with Crippen molar-refractivity contribution in [1.29, 1.82) is 0 Å². The largest absolute Gasteiger partial charge is 0.436 e. The zero-order valence-corrected chi connectivity index (χ0v) is 17.8. The fourth-order valence-corrected chi connectivity index (χ4v) is 6.19. The maximum Gasteiger partial charge on any atom is 0.227 e. The molecule has 4 aromatic rings. The molecule has 3 aliphatic rings. The van der Waals surface area contributed by atoms with Gasteiger partial charge in [-0.15, -0.1) is 6.58 Å². The van der Waals surface area contributed by atoms with E-state index < -0.39 is 6.10 Å². The first-order chi connectivity index (χ1) is 15.7. The number of aromatic nitrogens is 2. The Kier molecular flexibility index (Phi) is 3.90. The van der Waals surface area contributed by atoms with E-state index in [0.717, 1.165) is 57.9 Å². The third-order valence-electron chi connectivity index (χ3n) is 7.97. The molecule has 0 radical (unpaired) electrons. The smallest absolute Gasteiger partial charge is 0.227 e. The Hall–Kier alpha value is -3.02. The zero-order chi connectivity index (χ0) is 21.4. The van der Waals surface area contributed by atoms with E-state index in [9.17, 15) is 5.11 Å². The van der Waals surface area contributed by atoms with Gasteiger partial charge in [0, 0.05) is 35.8 Å². The Morgan fingerprint density at radius 1 is 1.12 bits per heavy atom. The average molecular weight is 424 g/mol. The number of piperidine rings is 1. The van der Waals surface area contributed by atoms with Gasteiger partial charge in [0.2, 0.25) is 5.89 Å². The highest BCUT2D eigenvalue weighted by molar-refractivity contribution is 5.87. The van der Waals surface area contributed by atoms with E-state index in [0.29, 0.717) is 17.9 Å². The van der Waals surface area contributed by atoms with Crippen LogP contribution in [0.25, 0.3) is 33.5 Å². The minimum atomic E-state index is -0.545. The number of benzene rings is 2. The number of hydrogen-bond donors (Lipinski definition) is 1. The Morgan fingerprint density at radius 3 is 2.91 bits per heavy atom. The molecule has 32 heavy (non-hydrogen) atoms. The van der Waals surface area contributed by atoms with E-state index in [-0.39, 0.29) is 6.04 Å². The number of rotatable bonds is 4. The molecule has 4 heterocycles. The lowest BCUT2D eigenvalue weighted by Crippen LogP contribution is -2.63. The number of para-hydroxylation sites is 2. The number of fused-ring (bicyclic) bond motifs is 4. The van der Waals surface area contributed by atoms with Crippen molar-refractivity contribution in [1.82, 2.24) is 14.9 Å². The van der Waals surface area contributed by atoms with Crippen LogP contribution in [0.3, 0.4) is 0 Å². The highest BCUT2D eigenvalue weighted by Gasteiger charge is 2.58. The van der Waals surface area contributed by atoms with Gasteiger partial charge in [0.05, 0.1) is 11.6 Å². The summed E-state index contributed by atoms with van der Waals surface area (Å²) in [6.07, 6.45) is 5.75. The molecule has 1 saturated carbocycles. The molecular formula is C27H25N3O2. The molecule has 0 spiro atoms. The summed E-state index contributed by atoms with van der Waals surface area (Å²) in [6, 6.07) is 16.5. The molecule has 0 bridgehead atoms. The Morgan fingerprint density at radius 2 is 2.03 bits per heavy atom. The lowest BCUT2D eigenvalue weighted by Gasteiger charge is -2.55. The van der Waals surface area contributed by atoms with Gasteiger partial charge in [-0.05, 0) is 72.6 Å². The Balaban J connectivity index is 1.25. The van der Waals surface area contributed by atoms with Crippen LogP contribution in [0.15, 0.2) is 71.8 Å². The van der Waals surface area contributed by atoms with Crippen LogP contribution in [0.2, 0.25) is 0 Å². The second-order valence-electron chi connectivity index (χ2n) is 9.60.